The van der Waals surface area contributed by atoms with E-state index in [-0.39, 0.29) is 5.69 Å². The number of nitrogens with one attached hydrogen (secondary N) is 1. The zero-order valence-electron chi connectivity index (χ0n) is 9.95. The van der Waals surface area contributed by atoms with Crippen LogP contribution < -0.4 is 5.32 Å². The van der Waals surface area contributed by atoms with Gasteiger partial charge in [-0.25, -0.2) is 4.98 Å². The molecule has 0 aliphatic heterocycles. The van der Waals surface area contributed by atoms with Gasteiger partial charge in [0.15, 0.2) is 5.13 Å². The van der Waals surface area contributed by atoms with Crippen molar-refractivity contribution in [3.63, 3.8) is 0 Å². The van der Waals surface area contributed by atoms with E-state index in [1.807, 2.05) is 0 Å². The summed E-state index contributed by atoms with van der Waals surface area (Å²) in [6, 6.07) is 6.20. The predicted octanol–water partition coefficient (Wildman–Crippen LogP) is 3.47. The second kappa shape index (κ2) is 6.40. The number of rotatable bonds is 4. The minimum absolute atomic E-state index is 0.0476. The molecule has 0 fully saturated rings. The van der Waals surface area contributed by atoms with Crippen LogP contribution in [0.15, 0.2) is 40.3 Å². The highest BCUT2D eigenvalue weighted by molar-refractivity contribution is 9.11. The Kier molecular flexibility index (Phi) is 4.59. The number of carbonyl (C=O) groups is 1. The van der Waals surface area contributed by atoms with Gasteiger partial charge in [-0.1, -0.05) is 23.5 Å². The van der Waals surface area contributed by atoms with Gasteiger partial charge in [0, 0.05) is 12.1 Å². The summed E-state index contributed by atoms with van der Waals surface area (Å²) in [6.45, 7) is 0. The maximum absolute atomic E-state index is 11.7. The predicted molar refractivity (Wildman–Crippen MR) is 80.6 cm³/mol. The van der Waals surface area contributed by atoms with E-state index in [0.717, 1.165) is 3.79 Å². The number of hydrogen-bond acceptors (Lipinski definition) is 5. The first-order valence-corrected chi connectivity index (χ1v) is 7.01. The van der Waals surface area contributed by atoms with Gasteiger partial charge in [0.05, 0.1) is 20.5 Å². The number of aromatic nitrogens is 1. The van der Waals surface area contributed by atoms with Crippen LogP contribution >= 0.6 is 27.3 Å². The molecule has 6 nitrogen and oxygen atoms in total. The minimum Gasteiger partial charge on any atom is -0.298 e. The topological polar surface area (TPSA) is 85.1 Å². The van der Waals surface area contributed by atoms with Crippen LogP contribution in [-0.2, 0) is 4.79 Å². The van der Waals surface area contributed by atoms with Gasteiger partial charge in [0.25, 0.3) is 5.69 Å². The van der Waals surface area contributed by atoms with Gasteiger partial charge in [-0.05, 0) is 28.1 Å². The maximum atomic E-state index is 11.7. The number of para-hydroxylation sites is 1. The Hall–Kier alpha value is -2.06. The highest BCUT2D eigenvalue weighted by atomic mass is 79.9. The third-order valence-electron chi connectivity index (χ3n) is 2.26. The Morgan fingerprint density at radius 3 is 2.85 bits per heavy atom. The number of benzene rings is 1. The maximum Gasteiger partial charge on any atom is 0.276 e. The molecule has 2 rings (SSSR count). The molecule has 0 unspecified atom stereocenters. The van der Waals surface area contributed by atoms with Crippen molar-refractivity contribution < 1.29 is 9.72 Å². The van der Waals surface area contributed by atoms with Gasteiger partial charge in [0.1, 0.15) is 0 Å². The van der Waals surface area contributed by atoms with Crippen LogP contribution in [0.3, 0.4) is 0 Å². The molecular weight excluding hydrogens is 346 g/mol. The molecule has 102 valence electrons. The molecule has 1 heterocycles. The highest BCUT2D eigenvalue weighted by Gasteiger charge is 2.10. The average Bonchev–Trinajstić information content (AvgIpc) is 2.82. The molecule has 0 saturated heterocycles. The molecule has 0 saturated carbocycles. The number of hydrogen-bond donors (Lipinski definition) is 1. The molecule has 0 atom stereocenters. The van der Waals surface area contributed by atoms with Gasteiger partial charge in [0.2, 0.25) is 5.91 Å². The first-order chi connectivity index (χ1) is 9.56. The van der Waals surface area contributed by atoms with Crippen molar-refractivity contribution in [3.05, 3.63) is 56.0 Å². The average molecular weight is 354 g/mol. The summed E-state index contributed by atoms with van der Waals surface area (Å²) in [5.41, 5.74) is 0.321. The van der Waals surface area contributed by atoms with Crippen LogP contribution in [0.1, 0.15) is 5.56 Å². The Bertz CT molecular complexity index is 684. The van der Waals surface area contributed by atoms with Gasteiger partial charge in [-0.2, -0.15) is 0 Å². The van der Waals surface area contributed by atoms with Crippen LogP contribution in [0.2, 0.25) is 0 Å². The van der Waals surface area contributed by atoms with Crippen LogP contribution in [0.25, 0.3) is 6.08 Å². The summed E-state index contributed by atoms with van der Waals surface area (Å²) in [4.78, 5) is 25.9. The fourth-order valence-corrected chi connectivity index (χ4v) is 2.53. The van der Waals surface area contributed by atoms with Crippen molar-refractivity contribution in [2.24, 2.45) is 0 Å². The summed E-state index contributed by atoms with van der Waals surface area (Å²) in [5, 5.41) is 13.8. The van der Waals surface area contributed by atoms with E-state index in [9.17, 15) is 14.9 Å². The summed E-state index contributed by atoms with van der Waals surface area (Å²) < 4.78 is 0.801. The molecule has 0 bridgehead atoms. The van der Waals surface area contributed by atoms with Crippen molar-refractivity contribution in [2.75, 3.05) is 5.32 Å². The van der Waals surface area contributed by atoms with Gasteiger partial charge in [-0.3, -0.25) is 20.2 Å². The lowest BCUT2D eigenvalue weighted by Gasteiger charge is -1.97. The number of anilines is 1. The molecule has 0 aliphatic rings. The molecule has 0 radical (unpaired) electrons. The van der Waals surface area contributed by atoms with Crippen molar-refractivity contribution >= 4 is 50.1 Å². The van der Waals surface area contributed by atoms with E-state index in [0.29, 0.717) is 10.7 Å². The number of amides is 1. The van der Waals surface area contributed by atoms with E-state index < -0.39 is 10.8 Å². The van der Waals surface area contributed by atoms with Gasteiger partial charge in [-0.15, -0.1) is 0 Å². The number of thiazole rings is 1. The number of halogens is 1. The van der Waals surface area contributed by atoms with Gasteiger partial charge < -0.3 is 0 Å². The molecule has 0 spiro atoms. The Balaban J connectivity index is 2.09. The van der Waals surface area contributed by atoms with E-state index in [4.69, 9.17) is 0 Å². The SMILES string of the molecule is O=C(/C=C/c1ccccc1[N+](=O)[O-])Nc1ncc(Br)s1. The fourth-order valence-electron chi connectivity index (χ4n) is 1.42. The van der Waals surface area contributed by atoms with Gasteiger partial charge >= 0.3 is 0 Å². The highest BCUT2D eigenvalue weighted by Crippen LogP contribution is 2.23. The molecule has 1 aromatic heterocycles. The number of nitro groups is 1. The quantitative estimate of drug-likeness (QED) is 0.518. The first kappa shape index (κ1) is 14.4. The third-order valence-corrected chi connectivity index (χ3v) is 3.65. The lowest BCUT2D eigenvalue weighted by molar-refractivity contribution is -0.385. The summed E-state index contributed by atoms with van der Waals surface area (Å²) in [7, 11) is 0. The van der Waals surface area contributed by atoms with Crippen molar-refractivity contribution in [3.8, 4) is 0 Å². The van der Waals surface area contributed by atoms with Crippen molar-refractivity contribution in [2.45, 2.75) is 0 Å². The van der Waals surface area contributed by atoms with Crippen LogP contribution in [0, 0.1) is 10.1 Å². The third kappa shape index (κ3) is 3.72. The molecule has 1 amide bonds. The summed E-state index contributed by atoms with van der Waals surface area (Å²) >= 11 is 4.51. The summed E-state index contributed by atoms with van der Waals surface area (Å²) in [6.07, 6.45) is 4.21. The monoisotopic (exact) mass is 353 g/mol. The molecule has 1 N–H and O–H groups in total. The van der Waals surface area contributed by atoms with Crippen LogP contribution in [0.5, 0.6) is 0 Å². The Morgan fingerprint density at radius 2 is 2.20 bits per heavy atom. The van der Waals surface area contributed by atoms with E-state index in [1.165, 1.54) is 29.6 Å². The lowest BCUT2D eigenvalue weighted by atomic mass is 10.1. The molecule has 1 aromatic carbocycles. The minimum atomic E-state index is -0.491. The van der Waals surface area contributed by atoms with E-state index >= 15 is 0 Å². The van der Waals surface area contributed by atoms with Crippen LogP contribution in [-0.4, -0.2) is 15.8 Å². The molecule has 8 heteroatoms. The molecule has 0 aliphatic carbocycles. The first-order valence-electron chi connectivity index (χ1n) is 5.40. The fraction of sp³-hybridized carbons (Fsp3) is 0. The van der Waals surface area contributed by atoms with Crippen molar-refractivity contribution in [1.82, 2.24) is 4.98 Å². The second-order valence-corrected chi connectivity index (χ2v) is 6.02. The zero-order valence-corrected chi connectivity index (χ0v) is 12.3. The Morgan fingerprint density at radius 1 is 1.45 bits per heavy atom. The van der Waals surface area contributed by atoms with Crippen molar-refractivity contribution in [1.29, 1.82) is 0 Å². The molecular formula is C12H8BrN3O3S. The molecule has 2 aromatic rings. The number of nitrogens with zero attached hydrogens (tertiary/aromatic N) is 2. The number of carbonyl (C=O) groups excluding carboxylic acids is 1. The smallest absolute Gasteiger partial charge is 0.276 e. The summed E-state index contributed by atoms with van der Waals surface area (Å²) in [5.74, 6) is -0.398. The molecule has 20 heavy (non-hydrogen) atoms. The van der Waals surface area contributed by atoms with E-state index in [1.54, 1.807) is 24.4 Å². The number of nitro benzene ring substituents is 1. The normalized spacial score (nSPS) is 10.7. The zero-order chi connectivity index (χ0) is 14.5. The van der Waals surface area contributed by atoms with Crippen LogP contribution in [0.4, 0.5) is 10.8 Å². The lowest BCUT2D eigenvalue weighted by Crippen LogP contribution is -2.07. The standard InChI is InChI=1S/C12H8BrN3O3S/c13-10-7-14-12(20-10)15-11(17)6-5-8-3-1-2-4-9(8)16(18)19/h1-7H,(H,14,15,17)/b6-5+. The van der Waals surface area contributed by atoms with E-state index in [2.05, 4.69) is 26.2 Å². The second-order valence-electron chi connectivity index (χ2n) is 3.61. The Labute approximate surface area is 126 Å². The largest absolute Gasteiger partial charge is 0.298 e.